The average Bonchev–Trinajstić information content (AvgIpc) is 2.84. The maximum Gasteiger partial charge on any atom is 0.326 e. The van der Waals surface area contributed by atoms with E-state index < -0.39 is 12.0 Å². The quantitative estimate of drug-likeness (QED) is 0.418. The van der Waals surface area contributed by atoms with Gasteiger partial charge >= 0.3 is 5.97 Å². The topological polar surface area (TPSA) is 100 Å². The minimum absolute atomic E-state index is 0.0883. The SMILES string of the molecule is CO[C@H](C)CN(CCCCc1ccc2c(n1)CCCC2)CC[C@H](Nc1ccncn1)C(=O)O. The van der Waals surface area contributed by atoms with E-state index >= 15 is 0 Å². The molecule has 0 saturated carbocycles. The van der Waals surface area contributed by atoms with Crippen LogP contribution in [0.1, 0.15) is 56.0 Å². The zero-order valence-corrected chi connectivity index (χ0v) is 19.9. The van der Waals surface area contributed by atoms with Gasteiger partial charge in [-0.2, -0.15) is 0 Å². The van der Waals surface area contributed by atoms with Crippen LogP contribution in [-0.2, 0) is 28.8 Å². The second-order valence-electron chi connectivity index (χ2n) is 8.84. The number of carboxylic acids is 1. The Morgan fingerprint density at radius 1 is 1.21 bits per heavy atom. The predicted molar refractivity (Wildman–Crippen MR) is 128 cm³/mol. The number of anilines is 1. The summed E-state index contributed by atoms with van der Waals surface area (Å²) in [5.41, 5.74) is 3.91. The van der Waals surface area contributed by atoms with Gasteiger partial charge in [0.1, 0.15) is 18.2 Å². The molecule has 0 amide bonds. The lowest BCUT2D eigenvalue weighted by Crippen LogP contribution is -2.38. The van der Waals surface area contributed by atoms with E-state index in [2.05, 4.69) is 32.3 Å². The van der Waals surface area contributed by atoms with Crippen LogP contribution in [0, 0.1) is 0 Å². The highest BCUT2D eigenvalue weighted by atomic mass is 16.5. The lowest BCUT2D eigenvalue weighted by Gasteiger charge is -2.26. The molecule has 0 bridgehead atoms. The molecule has 2 aromatic rings. The molecule has 8 heteroatoms. The molecular weight excluding hydrogens is 418 g/mol. The highest BCUT2D eigenvalue weighted by molar-refractivity contribution is 5.76. The summed E-state index contributed by atoms with van der Waals surface area (Å²) in [6.07, 6.45) is 11.4. The molecule has 0 fully saturated rings. The number of methoxy groups -OCH3 is 1. The zero-order valence-electron chi connectivity index (χ0n) is 19.9. The summed E-state index contributed by atoms with van der Waals surface area (Å²) in [5.74, 6) is -0.362. The molecule has 2 aromatic heterocycles. The molecule has 0 spiro atoms. The fourth-order valence-corrected chi connectivity index (χ4v) is 4.26. The third-order valence-electron chi connectivity index (χ3n) is 6.25. The predicted octanol–water partition coefficient (Wildman–Crippen LogP) is 3.37. The molecule has 0 radical (unpaired) electrons. The van der Waals surface area contributed by atoms with Gasteiger partial charge in [-0.3, -0.25) is 4.98 Å². The van der Waals surface area contributed by atoms with E-state index in [0.29, 0.717) is 18.8 Å². The van der Waals surface area contributed by atoms with Crippen molar-refractivity contribution in [1.29, 1.82) is 0 Å². The molecule has 0 aromatic carbocycles. The number of aromatic nitrogens is 3. The van der Waals surface area contributed by atoms with Crippen LogP contribution in [0.25, 0.3) is 0 Å². The van der Waals surface area contributed by atoms with Gasteiger partial charge < -0.3 is 20.1 Å². The number of carbonyl (C=O) groups is 1. The van der Waals surface area contributed by atoms with Crippen molar-refractivity contribution >= 4 is 11.8 Å². The number of unbranched alkanes of at least 4 members (excludes halogenated alkanes) is 1. The van der Waals surface area contributed by atoms with Crippen LogP contribution < -0.4 is 5.32 Å². The Bertz CT molecular complexity index is 864. The number of aliphatic carboxylic acids is 1. The number of pyridine rings is 1. The molecule has 1 aliphatic carbocycles. The van der Waals surface area contributed by atoms with Gasteiger partial charge in [0.05, 0.1) is 6.10 Å². The van der Waals surface area contributed by atoms with E-state index in [1.54, 1.807) is 19.4 Å². The molecule has 2 N–H and O–H groups in total. The molecule has 33 heavy (non-hydrogen) atoms. The van der Waals surface area contributed by atoms with Crippen molar-refractivity contribution in [1.82, 2.24) is 19.9 Å². The number of fused-ring (bicyclic) bond motifs is 1. The Labute approximate surface area is 196 Å². The minimum atomic E-state index is -0.883. The molecule has 180 valence electrons. The standard InChI is InChI=1S/C25H37N5O3/c1-19(33-2)17-30(16-13-23(25(31)32)29-24-12-14-26-18-27-24)15-6-5-8-21-11-10-20-7-3-4-9-22(20)28-21/h10-12,14,18-19,23H,3-9,13,15-17H2,1-2H3,(H,31,32)(H,26,27,29)/t19-,23+/m1/s1. The van der Waals surface area contributed by atoms with Crippen LogP contribution in [0.4, 0.5) is 5.82 Å². The number of hydrogen-bond donors (Lipinski definition) is 2. The highest BCUT2D eigenvalue weighted by Gasteiger charge is 2.20. The van der Waals surface area contributed by atoms with Crippen LogP contribution in [0.15, 0.2) is 30.7 Å². The average molecular weight is 456 g/mol. The first kappa shape index (κ1) is 25.1. The lowest BCUT2D eigenvalue weighted by molar-refractivity contribution is -0.138. The van der Waals surface area contributed by atoms with E-state index in [-0.39, 0.29) is 6.10 Å². The summed E-state index contributed by atoms with van der Waals surface area (Å²) in [6.45, 7) is 4.38. The number of aryl methyl sites for hydroxylation is 3. The second kappa shape index (κ2) is 13.2. The molecule has 0 unspecified atom stereocenters. The Balaban J connectivity index is 1.48. The van der Waals surface area contributed by atoms with Gasteiger partial charge in [-0.05, 0) is 82.5 Å². The van der Waals surface area contributed by atoms with Crippen molar-refractivity contribution in [2.75, 3.05) is 32.1 Å². The van der Waals surface area contributed by atoms with Gasteiger partial charge in [0, 0.05) is 37.8 Å². The van der Waals surface area contributed by atoms with Crippen LogP contribution in [0.3, 0.4) is 0 Å². The summed E-state index contributed by atoms with van der Waals surface area (Å²) < 4.78 is 5.46. The van der Waals surface area contributed by atoms with Crippen LogP contribution in [-0.4, -0.2) is 69.8 Å². The Kier molecular flexibility index (Phi) is 10.0. The molecule has 8 nitrogen and oxygen atoms in total. The Morgan fingerprint density at radius 2 is 2.06 bits per heavy atom. The number of nitrogens with one attached hydrogen (secondary N) is 1. The van der Waals surface area contributed by atoms with Crippen molar-refractivity contribution in [3.05, 3.63) is 47.7 Å². The van der Waals surface area contributed by atoms with Crippen LogP contribution >= 0.6 is 0 Å². The summed E-state index contributed by atoms with van der Waals surface area (Å²) in [6, 6.07) is 5.42. The van der Waals surface area contributed by atoms with Crippen molar-refractivity contribution in [2.24, 2.45) is 0 Å². The first-order valence-electron chi connectivity index (χ1n) is 12.0. The number of rotatable bonds is 14. The normalized spacial score (nSPS) is 15.1. The largest absolute Gasteiger partial charge is 0.480 e. The summed E-state index contributed by atoms with van der Waals surface area (Å²) >= 11 is 0. The maximum absolute atomic E-state index is 11.8. The molecule has 2 atom stereocenters. The van der Waals surface area contributed by atoms with E-state index in [4.69, 9.17) is 9.72 Å². The fourth-order valence-electron chi connectivity index (χ4n) is 4.26. The summed E-state index contributed by atoms with van der Waals surface area (Å²) in [7, 11) is 1.71. The van der Waals surface area contributed by atoms with Crippen LogP contribution in [0.5, 0.6) is 0 Å². The van der Waals surface area contributed by atoms with Crippen molar-refractivity contribution in [3.8, 4) is 0 Å². The van der Waals surface area contributed by atoms with Crippen molar-refractivity contribution in [2.45, 2.75) is 70.4 Å². The van der Waals surface area contributed by atoms with Gasteiger partial charge in [0.25, 0.3) is 0 Å². The molecule has 0 saturated heterocycles. The van der Waals surface area contributed by atoms with E-state index in [9.17, 15) is 9.90 Å². The van der Waals surface area contributed by atoms with E-state index in [1.807, 2.05) is 6.92 Å². The third-order valence-corrected chi connectivity index (χ3v) is 6.25. The van der Waals surface area contributed by atoms with E-state index in [0.717, 1.165) is 38.8 Å². The molecule has 2 heterocycles. The summed E-state index contributed by atoms with van der Waals surface area (Å²) in [4.78, 5) is 26.9. The first-order chi connectivity index (χ1) is 16.0. The van der Waals surface area contributed by atoms with E-state index in [1.165, 1.54) is 42.5 Å². The molecule has 1 aliphatic rings. The highest BCUT2D eigenvalue weighted by Crippen LogP contribution is 2.20. The Hall–Kier alpha value is -2.58. The molecule has 0 aliphatic heterocycles. The number of nitrogens with zero attached hydrogens (tertiary/aromatic N) is 4. The fraction of sp³-hybridized carbons (Fsp3) is 0.600. The zero-order chi connectivity index (χ0) is 23.5. The summed E-state index contributed by atoms with van der Waals surface area (Å²) in [5, 5.41) is 12.6. The van der Waals surface area contributed by atoms with Gasteiger partial charge in [-0.1, -0.05) is 6.07 Å². The number of hydrogen-bond acceptors (Lipinski definition) is 7. The number of ether oxygens (including phenoxy) is 1. The third kappa shape index (κ3) is 8.37. The van der Waals surface area contributed by atoms with Gasteiger partial charge in [-0.25, -0.2) is 14.8 Å². The lowest BCUT2D eigenvalue weighted by atomic mass is 9.95. The van der Waals surface area contributed by atoms with Crippen LogP contribution in [0.2, 0.25) is 0 Å². The Morgan fingerprint density at radius 3 is 2.82 bits per heavy atom. The second-order valence-corrected chi connectivity index (χ2v) is 8.84. The van der Waals surface area contributed by atoms with Gasteiger partial charge in [0.15, 0.2) is 0 Å². The smallest absolute Gasteiger partial charge is 0.326 e. The molecule has 3 rings (SSSR count). The number of carboxylic acid groups (broad SMARTS) is 1. The van der Waals surface area contributed by atoms with Gasteiger partial charge in [-0.15, -0.1) is 0 Å². The maximum atomic E-state index is 11.8. The monoisotopic (exact) mass is 455 g/mol. The van der Waals surface area contributed by atoms with Crippen molar-refractivity contribution < 1.29 is 14.6 Å². The minimum Gasteiger partial charge on any atom is -0.480 e. The molecular formula is C25H37N5O3. The first-order valence-corrected chi connectivity index (χ1v) is 12.0. The van der Waals surface area contributed by atoms with Gasteiger partial charge in [0.2, 0.25) is 0 Å². The van der Waals surface area contributed by atoms with Crippen molar-refractivity contribution in [3.63, 3.8) is 0 Å².